The summed E-state index contributed by atoms with van der Waals surface area (Å²) in [5.41, 5.74) is 0. The summed E-state index contributed by atoms with van der Waals surface area (Å²) in [5.74, 6) is -0.889. The van der Waals surface area contributed by atoms with Crippen LogP contribution in [0.1, 0.15) is 367 Å². The van der Waals surface area contributed by atoms with E-state index in [-0.39, 0.29) is 31.1 Å². The van der Waals surface area contributed by atoms with Crippen LogP contribution in [0.2, 0.25) is 0 Å². The first kappa shape index (κ1) is 79.6. The third-order valence-corrected chi connectivity index (χ3v) is 15.9. The second-order valence-electron chi connectivity index (χ2n) is 24.1. The minimum absolute atomic E-state index is 0.0821. The van der Waals surface area contributed by atoms with E-state index < -0.39 is 6.10 Å². The molecule has 0 bridgehead atoms. The van der Waals surface area contributed by atoms with Crippen molar-refractivity contribution < 1.29 is 28.6 Å². The van der Waals surface area contributed by atoms with E-state index in [1.54, 1.807) is 0 Å². The van der Waals surface area contributed by atoms with E-state index in [1.807, 2.05) is 0 Å². The highest BCUT2D eigenvalue weighted by atomic mass is 16.6. The number of ether oxygens (including phenoxy) is 3. The second kappa shape index (κ2) is 71.1. The number of hydrogen-bond donors (Lipinski definition) is 0. The molecule has 0 saturated heterocycles. The molecule has 0 aromatic rings. The molecule has 6 heteroatoms. The van der Waals surface area contributed by atoms with Crippen molar-refractivity contribution in [1.82, 2.24) is 0 Å². The van der Waals surface area contributed by atoms with Gasteiger partial charge in [0, 0.05) is 19.3 Å². The minimum atomic E-state index is -0.789. The molecule has 0 aromatic carbocycles. The average Bonchev–Trinajstić information content (AvgIpc) is 3.49. The fourth-order valence-electron chi connectivity index (χ4n) is 10.5. The maximum absolute atomic E-state index is 12.9. The molecule has 0 spiro atoms. The molecule has 0 N–H and O–H groups in total. The minimum Gasteiger partial charge on any atom is -0.462 e. The maximum atomic E-state index is 12.9. The maximum Gasteiger partial charge on any atom is 0.306 e. The first-order valence-electron chi connectivity index (χ1n) is 36.1. The normalized spacial score (nSPS) is 12.6. The van der Waals surface area contributed by atoms with Gasteiger partial charge in [0.2, 0.25) is 0 Å². The van der Waals surface area contributed by atoms with E-state index in [9.17, 15) is 14.4 Å². The van der Waals surface area contributed by atoms with Crippen LogP contribution in [0.5, 0.6) is 0 Å². The number of carbonyl (C=O) groups excluding carboxylic acids is 3. The monoisotopic (exact) mass is 1160 g/mol. The van der Waals surface area contributed by atoms with Gasteiger partial charge in [0.15, 0.2) is 6.10 Å². The molecule has 0 radical (unpaired) electrons. The molecule has 0 rings (SSSR count). The Morgan fingerprint density at radius 1 is 0.253 bits per heavy atom. The number of hydrogen-bond acceptors (Lipinski definition) is 6. The zero-order chi connectivity index (χ0) is 59.9. The van der Waals surface area contributed by atoms with Crippen LogP contribution in [0.25, 0.3) is 0 Å². The van der Waals surface area contributed by atoms with Gasteiger partial charge < -0.3 is 14.2 Å². The van der Waals surface area contributed by atoms with Crippen LogP contribution in [0, 0.1) is 0 Å². The van der Waals surface area contributed by atoms with Crippen LogP contribution in [0.3, 0.4) is 0 Å². The SMILES string of the molecule is CC/C=C\C/C=C\C/C=C\C/C=C\C/C=C\C/C=C\CCCCCCCCC(=O)OC(COC(=O)CCCCCCC/C=C\CCCCC)COC(=O)CCCCCCCCCCCCCCCCCCCCCCCCCCCCCC. The molecule has 0 amide bonds. The largest absolute Gasteiger partial charge is 0.462 e. The van der Waals surface area contributed by atoms with Gasteiger partial charge in [0.1, 0.15) is 13.2 Å². The Kier molecular flexibility index (Phi) is 68.2. The summed E-state index contributed by atoms with van der Waals surface area (Å²) >= 11 is 0. The highest BCUT2D eigenvalue weighted by molar-refractivity contribution is 5.71. The van der Waals surface area contributed by atoms with E-state index in [0.29, 0.717) is 19.3 Å². The lowest BCUT2D eigenvalue weighted by Gasteiger charge is -2.18. The quantitative estimate of drug-likeness (QED) is 0.0261. The van der Waals surface area contributed by atoms with Crippen LogP contribution in [0.15, 0.2) is 85.1 Å². The molecule has 0 aliphatic rings. The Labute approximate surface area is 515 Å². The number of esters is 3. The van der Waals surface area contributed by atoms with Gasteiger partial charge in [-0.1, -0.05) is 337 Å². The fourth-order valence-corrected chi connectivity index (χ4v) is 10.5. The molecule has 83 heavy (non-hydrogen) atoms. The van der Waals surface area contributed by atoms with Crippen molar-refractivity contribution in [1.29, 1.82) is 0 Å². The highest BCUT2D eigenvalue weighted by Gasteiger charge is 2.19. The van der Waals surface area contributed by atoms with E-state index in [4.69, 9.17) is 14.2 Å². The van der Waals surface area contributed by atoms with Crippen LogP contribution < -0.4 is 0 Å². The van der Waals surface area contributed by atoms with Gasteiger partial charge in [-0.25, -0.2) is 0 Å². The first-order chi connectivity index (χ1) is 41.0. The Hall–Kier alpha value is -3.41. The van der Waals surface area contributed by atoms with Crippen molar-refractivity contribution in [2.75, 3.05) is 13.2 Å². The van der Waals surface area contributed by atoms with Gasteiger partial charge in [-0.15, -0.1) is 0 Å². The molecular weight excluding hydrogens is 1020 g/mol. The lowest BCUT2D eigenvalue weighted by Crippen LogP contribution is -2.30. The predicted octanol–water partition coefficient (Wildman–Crippen LogP) is 25.0. The molecular formula is C77H136O6. The zero-order valence-corrected chi connectivity index (χ0v) is 55.2. The molecule has 0 fully saturated rings. The lowest BCUT2D eigenvalue weighted by molar-refractivity contribution is -0.167. The van der Waals surface area contributed by atoms with Gasteiger partial charge in [0.25, 0.3) is 0 Å². The zero-order valence-electron chi connectivity index (χ0n) is 55.2. The summed E-state index contributed by atoms with van der Waals surface area (Å²) in [4.78, 5) is 38.4. The first-order valence-corrected chi connectivity index (χ1v) is 36.1. The van der Waals surface area contributed by atoms with Gasteiger partial charge >= 0.3 is 17.9 Å². The topological polar surface area (TPSA) is 78.9 Å². The van der Waals surface area contributed by atoms with Gasteiger partial charge in [0.05, 0.1) is 0 Å². The Bertz CT molecular complexity index is 1570. The van der Waals surface area contributed by atoms with Crippen LogP contribution in [-0.4, -0.2) is 37.2 Å². The highest BCUT2D eigenvalue weighted by Crippen LogP contribution is 2.18. The Morgan fingerprint density at radius 3 is 0.771 bits per heavy atom. The predicted molar refractivity (Wildman–Crippen MR) is 362 cm³/mol. The molecule has 0 heterocycles. The van der Waals surface area contributed by atoms with E-state index in [0.717, 1.165) is 116 Å². The number of unbranched alkanes of at least 4 members (excludes halogenated alkanes) is 41. The van der Waals surface area contributed by atoms with Crippen molar-refractivity contribution in [3.63, 3.8) is 0 Å². The lowest BCUT2D eigenvalue weighted by atomic mass is 10.0. The van der Waals surface area contributed by atoms with E-state index >= 15 is 0 Å². The Balaban J connectivity index is 4.25. The third kappa shape index (κ3) is 69.3. The van der Waals surface area contributed by atoms with E-state index in [2.05, 4.69) is 106 Å². The van der Waals surface area contributed by atoms with E-state index in [1.165, 1.54) is 212 Å². The molecule has 0 saturated carbocycles. The summed E-state index contributed by atoms with van der Waals surface area (Å²) in [6, 6.07) is 0. The number of carbonyl (C=O) groups is 3. The van der Waals surface area contributed by atoms with Crippen molar-refractivity contribution in [3.05, 3.63) is 85.1 Å². The van der Waals surface area contributed by atoms with Crippen molar-refractivity contribution in [2.24, 2.45) is 0 Å². The van der Waals surface area contributed by atoms with Crippen LogP contribution in [-0.2, 0) is 28.6 Å². The summed E-state index contributed by atoms with van der Waals surface area (Å²) in [6.07, 6.45) is 94.8. The average molecular weight is 1160 g/mol. The number of allylic oxidation sites excluding steroid dienone is 14. The third-order valence-electron chi connectivity index (χ3n) is 15.9. The van der Waals surface area contributed by atoms with Crippen molar-refractivity contribution in [3.8, 4) is 0 Å². The van der Waals surface area contributed by atoms with Crippen LogP contribution in [0.4, 0.5) is 0 Å². The van der Waals surface area contributed by atoms with Gasteiger partial charge in [-0.05, 0) is 96.3 Å². The fraction of sp³-hybridized carbons (Fsp3) is 0.779. The molecule has 1 atom stereocenters. The molecule has 1 unspecified atom stereocenters. The molecule has 6 nitrogen and oxygen atoms in total. The van der Waals surface area contributed by atoms with Crippen molar-refractivity contribution >= 4 is 17.9 Å². The smallest absolute Gasteiger partial charge is 0.306 e. The molecule has 0 aliphatic heterocycles. The van der Waals surface area contributed by atoms with Gasteiger partial charge in [-0.2, -0.15) is 0 Å². The van der Waals surface area contributed by atoms with Gasteiger partial charge in [-0.3, -0.25) is 14.4 Å². The Morgan fingerprint density at radius 2 is 0.470 bits per heavy atom. The molecule has 0 aromatic heterocycles. The summed E-state index contributed by atoms with van der Waals surface area (Å²) in [5, 5.41) is 0. The summed E-state index contributed by atoms with van der Waals surface area (Å²) < 4.78 is 17.0. The molecule has 0 aliphatic carbocycles. The van der Waals surface area contributed by atoms with Crippen molar-refractivity contribution in [2.45, 2.75) is 374 Å². The van der Waals surface area contributed by atoms with Crippen LogP contribution >= 0.6 is 0 Å². The second-order valence-corrected chi connectivity index (χ2v) is 24.1. The summed E-state index contributed by atoms with van der Waals surface area (Å²) in [7, 11) is 0. The standard InChI is InChI=1S/C77H136O6/c1-4-7-10-13-16-19-22-25-27-29-31-33-35-37-38-39-41-42-44-46-48-50-52-55-58-61-64-67-70-76(79)82-73-74(72-81-75(78)69-66-63-60-57-54-24-21-18-15-12-9-6-3)83-77(80)71-68-65-62-59-56-53-51-49-47-45-43-40-36-34-32-30-28-26-23-20-17-14-11-8-5-2/h8,11,17-18,20-21,26,28,32,34,40,43,47,49,74H,4-7,9-10,12-16,19,22-25,27,29-31,33,35-39,41-42,44-46,48,50-73H2,1-3H3/b11-8-,20-17-,21-18-,28-26-,34-32-,43-40-,49-47-. The number of rotatable bonds is 66. The summed E-state index contributed by atoms with van der Waals surface area (Å²) in [6.45, 7) is 6.53. The molecule has 480 valence electrons.